The van der Waals surface area contributed by atoms with Crippen molar-refractivity contribution in [2.75, 3.05) is 53.0 Å². The van der Waals surface area contributed by atoms with Crippen LogP contribution in [0.5, 0.6) is 0 Å². The second-order valence-corrected chi connectivity index (χ2v) is 6.00. The Kier molecular flexibility index (Phi) is 11.1. The van der Waals surface area contributed by atoms with Crippen molar-refractivity contribution in [3.63, 3.8) is 0 Å². The van der Waals surface area contributed by atoms with E-state index in [1.165, 1.54) is 38.9 Å². The summed E-state index contributed by atoms with van der Waals surface area (Å²) in [6, 6.07) is 0. The van der Waals surface area contributed by atoms with E-state index in [2.05, 4.69) is 27.4 Å². The first-order chi connectivity index (χ1) is 10.8. The molecule has 0 aromatic heterocycles. The molecule has 5 nitrogen and oxygen atoms in total. The van der Waals surface area contributed by atoms with E-state index in [1.807, 2.05) is 14.0 Å². The van der Waals surface area contributed by atoms with E-state index in [1.54, 1.807) is 0 Å². The number of ether oxygens (including phenoxy) is 1. The topological polar surface area (TPSA) is 48.9 Å². The third kappa shape index (κ3) is 8.59. The molecule has 130 valence electrons. The predicted octanol–water partition coefficient (Wildman–Crippen LogP) is 2.09. The average molecular weight is 313 g/mol. The highest BCUT2D eigenvalue weighted by Gasteiger charge is 2.17. The van der Waals surface area contributed by atoms with E-state index in [4.69, 9.17) is 4.74 Å². The number of hydrogen-bond donors (Lipinski definition) is 2. The second-order valence-electron chi connectivity index (χ2n) is 6.00. The zero-order valence-electron chi connectivity index (χ0n) is 14.9. The third-order valence-corrected chi connectivity index (χ3v) is 4.44. The number of unbranched alkanes of at least 4 members (excludes halogenated alkanes) is 1. The minimum Gasteiger partial charge on any atom is -0.382 e. The van der Waals surface area contributed by atoms with Crippen molar-refractivity contribution in [3.8, 4) is 0 Å². The molecule has 1 aliphatic rings. The van der Waals surface area contributed by atoms with Gasteiger partial charge in [-0.25, -0.2) is 0 Å². The maximum atomic E-state index is 5.34. The van der Waals surface area contributed by atoms with Crippen LogP contribution in [0, 0.1) is 5.92 Å². The highest BCUT2D eigenvalue weighted by Crippen LogP contribution is 2.19. The van der Waals surface area contributed by atoms with Crippen molar-refractivity contribution < 1.29 is 4.74 Å². The standard InChI is InChI=1S/C17H36N4O/c1-4-21-13-9-16(10-14-21)8-12-20-17(18-3)19-11-6-7-15-22-5-2/h16H,4-15H2,1-3H3,(H2,18,19,20). The summed E-state index contributed by atoms with van der Waals surface area (Å²) >= 11 is 0. The minimum absolute atomic E-state index is 0.813. The first kappa shape index (κ1) is 19.2. The quantitative estimate of drug-likeness (QED) is 0.368. The molecule has 0 spiro atoms. The molecule has 1 saturated heterocycles. The molecule has 0 amide bonds. The monoisotopic (exact) mass is 312 g/mol. The molecule has 0 atom stereocenters. The summed E-state index contributed by atoms with van der Waals surface area (Å²) in [5.74, 6) is 1.81. The molecule has 0 radical (unpaired) electrons. The molecule has 1 rings (SSSR count). The van der Waals surface area contributed by atoms with Gasteiger partial charge in [0.2, 0.25) is 0 Å². The molecule has 0 aliphatic carbocycles. The van der Waals surface area contributed by atoms with Crippen molar-refractivity contribution >= 4 is 5.96 Å². The Balaban J connectivity index is 2.02. The van der Waals surface area contributed by atoms with Crippen LogP contribution in [0.1, 0.15) is 46.0 Å². The molecule has 22 heavy (non-hydrogen) atoms. The lowest BCUT2D eigenvalue weighted by Crippen LogP contribution is -2.39. The Morgan fingerprint density at radius 1 is 1.14 bits per heavy atom. The molecule has 0 saturated carbocycles. The summed E-state index contributed by atoms with van der Waals surface area (Å²) in [6.07, 6.45) is 6.17. The number of nitrogens with one attached hydrogen (secondary N) is 2. The maximum Gasteiger partial charge on any atom is 0.190 e. The SMILES string of the molecule is CCOCCCCNC(=NC)NCCC1CCN(CC)CC1. The van der Waals surface area contributed by atoms with Gasteiger partial charge in [0.05, 0.1) is 0 Å². The summed E-state index contributed by atoms with van der Waals surface area (Å²) in [4.78, 5) is 6.83. The number of hydrogen-bond acceptors (Lipinski definition) is 3. The fraction of sp³-hybridized carbons (Fsp3) is 0.941. The van der Waals surface area contributed by atoms with Crippen molar-refractivity contribution in [3.05, 3.63) is 0 Å². The Bertz CT molecular complexity index is 288. The van der Waals surface area contributed by atoms with Crippen LogP contribution in [-0.2, 0) is 4.74 Å². The van der Waals surface area contributed by atoms with Crippen LogP contribution in [0.25, 0.3) is 0 Å². The van der Waals surface area contributed by atoms with E-state index < -0.39 is 0 Å². The number of likely N-dealkylation sites (tertiary alicyclic amines) is 1. The lowest BCUT2D eigenvalue weighted by Gasteiger charge is -2.31. The highest BCUT2D eigenvalue weighted by molar-refractivity contribution is 5.79. The van der Waals surface area contributed by atoms with Gasteiger partial charge in [0.1, 0.15) is 0 Å². The molecule has 1 fully saturated rings. The highest BCUT2D eigenvalue weighted by atomic mass is 16.5. The summed E-state index contributed by atoms with van der Waals surface area (Å²) in [7, 11) is 1.84. The lowest BCUT2D eigenvalue weighted by atomic mass is 9.93. The first-order valence-electron chi connectivity index (χ1n) is 9.04. The molecule has 2 N–H and O–H groups in total. The van der Waals surface area contributed by atoms with Crippen LogP contribution >= 0.6 is 0 Å². The normalized spacial score (nSPS) is 17.7. The fourth-order valence-corrected chi connectivity index (χ4v) is 2.89. The summed E-state index contributed by atoms with van der Waals surface area (Å²) in [6.45, 7) is 11.7. The van der Waals surface area contributed by atoms with Crippen LogP contribution in [0.2, 0.25) is 0 Å². The molecule has 1 heterocycles. The molecule has 5 heteroatoms. The van der Waals surface area contributed by atoms with Crippen molar-refractivity contribution in [2.24, 2.45) is 10.9 Å². The Morgan fingerprint density at radius 3 is 2.50 bits per heavy atom. The van der Waals surface area contributed by atoms with E-state index in [9.17, 15) is 0 Å². The van der Waals surface area contributed by atoms with Crippen molar-refractivity contribution in [1.29, 1.82) is 0 Å². The summed E-state index contributed by atoms with van der Waals surface area (Å²) in [5.41, 5.74) is 0. The summed E-state index contributed by atoms with van der Waals surface area (Å²) in [5, 5.41) is 6.81. The number of aliphatic imine (C=N–C) groups is 1. The van der Waals surface area contributed by atoms with Crippen LogP contribution in [-0.4, -0.2) is 63.8 Å². The van der Waals surface area contributed by atoms with Crippen molar-refractivity contribution in [2.45, 2.75) is 46.0 Å². The summed E-state index contributed by atoms with van der Waals surface area (Å²) < 4.78 is 5.34. The maximum absolute atomic E-state index is 5.34. The zero-order chi connectivity index (χ0) is 16.0. The Morgan fingerprint density at radius 2 is 1.86 bits per heavy atom. The molecule has 0 unspecified atom stereocenters. The van der Waals surface area contributed by atoms with Gasteiger partial charge < -0.3 is 20.3 Å². The van der Waals surface area contributed by atoms with E-state index >= 15 is 0 Å². The van der Waals surface area contributed by atoms with Gasteiger partial charge in [-0.1, -0.05) is 6.92 Å². The van der Waals surface area contributed by atoms with Gasteiger partial charge in [-0.3, -0.25) is 4.99 Å². The van der Waals surface area contributed by atoms with Crippen LogP contribution in [0.15, 0.2) is 4.99 Å². The second kappa shape index (κ2) is 12.7. The third-order valence-electron chi connectivity index (χ3n) is 4.44. The van der Waals surface area contributed by atoms with E-state index in [-0.39, 0.29) is 0 Å². The Hall–Kier alpha value is -0.810. The van der Waals surface area contributed by atoms with Crippen LogP contribution in [0.4, 0.5) is 0 Å². The number of guanidine groups is 1. The number of piperidine rings is 1. The largest absolute Gasteiger partial charge is 0.382 e. The fourth-order valence-electron chi connectivity index (χ4n) is 2.89. The lowest BCUT2D eigenvalue weighted by molar-refractivity contribution is 0.143. The zero-order valence-corrected chi connectivity index (χ0v) is 14.9. The smallest absolute Gasteiger partial charge is 0.190 e. The first-order valence-corrected chi connectivity index (χ1v) is 9.04. The minimum atomic E-state index is 0.813. The molecular weight excluding hydrogens is 276 g/mol. The molecular formula is C17H36N4O. The van der Waals surface area contributed by atoms with Gasteiger partial charge in [-0.05, 0) is 64.6 Å². The van der Waals surface area contributed by atoms with Gasteiger partial charge in [0.15, 0.2) is 5.96 Å². The van der Waals surface area contributed by atoms with E-state index in [0.29, 0.717) is 0 Å². The van der Waals surface area contributed by atoms with Gasteiger partial charge in [-0.2, -0.15) is 0 Å². The Labute approximate surface area is 136 Å². The van der Waals surface area contributed by atoms with Gasteiger partial charge in [-0.15, -0.1) is 0 Å². The van der Waals surface area contributed by atoms with Gasteiger partial charge in [0.25, 0.3) is 0 Å². The van der Waals surface area contributed by atoms with Crippen LogP contribution in [0.3, 0.4) is 0 Å². The molecule has 0 bridgehead atoms. The molecule has 0 aromatic carbocycles. The predicted molar refractivity (Wildman–Crippen MR) is 94.5 cm³/mol. The van der Waals surface area contributed by atoms with Gasteiger partial charge in [0, 0.05) is 33.4 Å². The average Bonchev–Trinajstić information content (AvgIpc) is 2.57. The molecule has 0 aromatic rings. The van der Waals surface area contributed by atoms with Crippen LogP contribution < -0.4 is 10.6 Å². The number of nitrogens with zero attached hydrogens (tertiary/aromatic N) is 2. The number of rotatable bonds is 10. The van der Waals surface area contributed by atoms with Gasteiger partial charge >= 0.3 is 0 Å². The molecule has 1 aliphatic heterocycles. The van der Waals surface area contributed by atoms with E-state index in [0.717, 1.165) is 51.0 Å². The van der Waals surface area contributed by atoms with Crippen molar-refractivity contribution in [1.82, 2.24) is 15.5 Å².